The van der Waals surface area contributed by atoms with E-state index in [1.54, 1.807) is 24.3 Å². The molecule has 0 radical (unpaired) electrons. The third-order valence-corrected chi connectivity index (χ3v) is 4.44. The quantitative estimate of drug-likeness (QED) is 0.773. The molecule has 1 aliphatic heterocycles. The molecule has 1 aliphatic rings. The SMILES string of the molecule is COc1ccc(N2C(=O)NCC(C(=O)Nc3ccc(C)cc3)C2=O)cc1OC. The van der Waals surface area contributed by atoms with Gasteiger partial charge in [-0.05, 0) is 31.2 Å². The van der Waals surface area contributed by atoms with Crippen molar-refractivity contribution < 1.29 is 23.9 Å². The Morgan fingerprint density at radius 2 is 1.75 bits per heavy atom. The first-order valence-corrected chi connectivity index (χ1v) is 8.66. The van der Waals surface area contributed by atoms with Crippen molar-refractivity contribution >= 4 is 29.2 Å². The number of amides is 4. The molecule has 2 N–H and O–H groups in total. The summed E-state index contributed by atoms with van der Waals surface area (Å²) in [6.07, 6.45) is 0. The van der Waals surface area contributed by atoms with Crippen molar-refractivity contribution in [3.63, 3.8) is 0 Å². The number of ether oxygens (including phenoxy) is 2. The molecular formula is C20H21N3O5. The van der Waals surface area contributed by atoms with Gasteiger partial charge >= 0.3 is 6.03 Å². The normalized spacial score (nSPS) is 16.4. The molecule has 0 aliphatic carbocycles. The van der Waals surface area contributed by atoms with Crippen LogP contribution in [0.1, 0.15) is 5.56 Å². The third-order valence-electron chi connectivity index (χ3n) is 4.44. The summed E-state index contributed by atoms with van der Waals surface area (Å²) in [7, 11) is 2.94. The van der Waals surface area contributed by atoms with Gasteiger partial charge in [-0.2, -0.15) is 0 Å². The summed E-state index contributed by atoms with van der Waals surface area (Å²) in [5, 5.41) is 5.30. The molecule has 0 bridgehead atoms. The van der Waals surface area contributed by atoms with Gasteiger partial charge in [0, 0.05) is 18.3 Å². The molecule has 1 saturated heterocycles. The molecule has 2 aromatic rings. The van der Waals surface area contributed by atoms with Gasteiger partial charge in [-0.25, -0.2) is 9.69 Å². The maximum atomic E-state index is 12.9. The minimum absolute atomic E-state index is 0.0703. The van der Waals surface area contributed by atoms with Gasteiger partial charge in [-0.3, -0.25) is 9.59 Å². The first-order valence-electron chi connectivity index (χ1n) is 8.66. The topological polar surface area (TPSA) is 97.0 Å². The molecule has 1 heterocycles. The lowest BCUT2D eigenvalue weighted by molar-refractivity contribution is -0.130. The lowest BCUT2D eigenvalue weighted by atomic mass is 10.0. The number of urea groups is 1. The summed E-state index contributed by atoms with van der Waals surface area (Å²) in [4.78, 5) is 38.8. The second-order valence-electron chi connectivity index (χ2n) is 6.31. The summed E-state index contributed by atoms with van der Waals surface area (Å²) >= 11 is 0. The van der Waals surface area contributed by atoms with Gasteiger partial charge in [0.05, 0.1) is 19.9 Å². The predicted octanol–water partition coefficient (Wildman–Crippen LogP) is 2.32. The molecule has 3 rings (SSSR count). The molecule has 1 unspecified atom stereocenters. The van der Waals surface area contributed by atoms with Gasteiger partial charge in [-0.1, -0.05) is 17.7 Å². The van der Waals surface area contributed by atoms with Crippen molar-refractivity contribution in [2.45, 2.75) is 6.92 Å². The van der Waals surface area contributed by atoms with E-state index in [-0.39, 0.29) is 12.2 Å². The molecule has 0 saturated carbocycles. The van der Waals surface area contributed by atoms with Crippen LogP contribution in [0.25, 0.3) is 0 Å². The molecule has 1 atom stereocenters. The Kier molecular flexibility index (Phi) is 5.49. The van der Waals surface area contributed by atoms with Crippen LogP contribution in [0.15, 0.2) is 42.5 Å². The monoisotopic (exact) mass is 383 g/mol. The number of anilines is 2. The Morgan fingerprint density at radius 1 is 1.07 bits per heavy atom. The highest BCUT2D eigenvalue weighted by Gasteiger charge is 2.39. The first kappa shape index (κ1) is 19.2. The highest BCUT2D eigenvalue weighted by molar-refractivity contribution is 6.23. The summed E-state index contributed by atoms with van der Waals surface area (Å²) < 4.78 is 10.4. The first-order chi connectivity index (χ1) is 13.4. The van der Waals surface area contributed by atoms with Crippen LogP contribution < -0.4 is 25.0 Å². The van der Waals surface area contributed by atoms with Crippen LogP contribution in [0.3, 0.4) is 0 Å². The fourth-order valence-corrected chi connectivity index (χ4v) is 2.89. The van der Waals surface area contributed by atoms with Gasteiger partial charge in [0.1, 0.15) is 5.92 Å². The third kappa shape index (κ3) is 3.75. The van der Waals surface area contributed by atoms with Crippen molar-refractivity contribution in [3.05, 3.63) is 48.0 Å². The molecule has 0 aromatic heterocycles. The van der Waals surface area contributed by atoms with E-state index in [2.05, 4.69) is 10.6 Å². The fraction of sp³-hybridized carbons (Fsp3) is 0.250. The van der Waals surface area contributed by atoms with Crippen LogP contribution >= 0.6 is 0 Å². The largest absolute Gasteiger partial charge is 0.493 e. The van der Waals surface area contributed by atoms with Gasteiger partial charge in [0.15, 0.2) is 11.5 Å². The average Bonchev–Trinajstić information content (AvgIpc) is 2.69. The number of hydrogen-bond donors (Lipinski definition) is 2. The van der Waals surface area contributed by atoms with Crippen molar-refractivity contribution in [2.24, 2.45) is 5.92 Å². The Morgan fingerprint density at radius 3 is 2.39 bits per heavy atom. The van der Waals surface area contributed by atoms with Crippen LogP contribution in [0.2, 0.25) is 0 Å². The average molecular weight is 383 g/mol. The molecule has 146 valence electrons. The zero-order valence-electron chi connectivity index (χ0n) is 15.8. The molecule has 8 heteroatoms. The molecule has 8 nitrogen and oxygen atoms in total. The second kappa shape index (κ2) is 7.99. The van der Waals surface area contributed by atoms with Crippen molar-refractivity contribution in [1.29, 1.82) is 0 Å². The van der Waals surface area contributed by atoms with E-state index >= 15 is 0 Å². The lowest BCUT2D eigenvalue weighted by Crippen LogP contribution is -2.58. The van der Waals surface area contributed by atoms with Crippen LogP contribution in [-0.2, 0) is 9.59 Å². The van der Waals surface area contributed by atoms with Gasteiger partial charge in [0.2, 0.25) is 11.8 Å². The number of methoxy groups -OCH3 is 2. The predicted molar refractivity (Wildman–Crippen MR) is 104 cm³/mol. The number of aryl methyl sites for hydroxylation is 1. The second-order valence-corrected chi connectivity index (χ2v) is 6.31. The summed E-state index contributed by atoms with van der Waals surface area (Å²) in [6.45, 7) is 1.87. The Labute approximate surface area is 162 Å². The van der Waals surface area contributed by atoms with E-state index in [0.29, 0.717) is 17.2 Å². The number of nitrogens with one attached hydrogen (secondary N) is 2. The summed E-state index contributed by atoms with van der Waals surface area (Å²) in [5.74, 6) is -1.32. The van der Waals surface area contributed by atoms with Crippen LogP contribution in [0.5, 0.6) is 11.5 Å². The summed E-state index contributed by atoms with van der Waals surface area (Å²) in [6, 6.07) is 11.3. The maximum Gasteiger partial charge on any atom is 0.328 e. The molecular weight excluding hydrogens is 362 g/mol. The number of benzene rings is 2. The van der Waals surface area contributed by atoms with Gasteiger partial charge in [0.25, 0.3) is 0 Å². The van der Waals surface area contributed by atoms with E-state index in [1.165, 1.54) is 20.3 Å². The number of rotatable bonds is 5. The molecule has 28 heavy (non-hydrogen) atoms. The molecule has 1 fully saturated rings. The van der Waals surface area contributed by atoms with Crippen molar-refractivity contribution in [3.8, 4) is 11.5 Å². The highest BCUT2D eigenvalue weighted by atomic mass is 16.5. The molecule has 2 aromatic carbocycles. The van der Waals surface area contributed by atoms with Gasteiger partial charge in [-0.15, -0.1) is 0 Å². The van der Waals surface area contributed by atoms with E-state index < -0.39 is 23.8 Å². The fourth-order valence-electron chi connectivity index (χ4n) is 2.89. The van der Waals surface area contributed by atoms with E-state index in [1.807, 2.05) is 19.1 Å². The van der Waals surface area contributed by atoms with E-state index in [0.717, 1.165) is 10.5 Å². The summed E-state index contributed by atoms with van der Waals surface area (Å²) in [5.41, 5.74) is 1.92. The van der Waals surface area contributed by atoms with Gasteiger partial charge < -0.3 is 20.1 Å². The number of carbonyl (C=O) groups excluding carboxylic acids is 3. The smallest absolute Gasteiger partial charge is 0.328 e. The van der Waals surface area contributed by atoms with Crippen LogP contribution in [0, 0.1) is 12.8 Å². The number of hydrogen-bond acceptors (Lipinski definition) is 5. The molecule has 0 spiro atoms. The van der Waals surface area contributed by atoms with E-state index in [4.69, 9.17) is 9.47 Å². The van der Waals surface area contributed by atoms with E-state index in [9.17, 15) is 14.4 Å². The standard InChI is InChI=1S/C20H21N3O5/c1-12-4-6-13(7-5-12)22-18(24)15-11-21-20(26)23(19(15)25)14-8-9-16(27-2)17(10-14)28-3/h4-10,15H,11H2,1-3H3,(H,21,26)(H,22,24). The zero-order chi connectivity index (χ0) is 20.3. The Balaban J connectivity index is 1.83. The minimum atomic E-state index is -1.05. The van der Waals surface area contributed by atoms with Crippen molar-refractivity contribution in [2.75, 3.05) is 31.0 Å². The van der Waals surface area contributed by atoms with Crippen LogP contribution in [0.4, 0.5) is 16.2 Å². The number of imide groups is 1. The highest BCUT2D eigenvalue weighted by Crippen LogP contribution is 2.32. The number of nitrogens with zero attached hydrogens (tertiary/aromatic N) is 1. The zero-order valence-corrected chi connectivity index (χ0v) is 15.8. The number of carbonyl (C=O) groups is 3. The van der Waals surface area contributed by atoms with Crippen LogP contribution in [-0.4, -0.2) is 38.6 Å². The lowest BCUT2D eigenvalue weighted by Gasteiger charge is -2.31. The Bertz CT molecular complexity index is 911. The minimum Gasteiger partial charge on any atom is -0.493 e. The maximum absolute atomic E-state index is 12.9. The van der Waals surface area contributed by atoms with Crippen molar-refractivity contribution in [1.82, 2.24) is 5.32 Å². The molecule has 4 amide bonds. The Hall–Kier alpha value is -3.55.